The van der Waals surface area contributed by atoms with Gasteiger partial charge in [-0.1, -0.05) is 31.2 Å². The summed E-state index contributed by atoms with van der Waals surface area (Å²) in [6.45, 7) is 8.79. The Morgan fingerprint density at radius 3 is 2.52 bits per heavy atom. The molecule has 1 N–H and O–H groups in total. The Morgan fingerprint density at radius 1 is 1.13 bits per heavy atom. The minimum absolute atomic E-state index is 0.0148. The van der Waals surface area contributed by atoms with E-state index < -0.39 is 11.4 Å². The van der Waals surface area contributed by atoms with Crippen LogP contribution in [0.5, 0.6) is 0 Å². The number of carbonyl (C=O) groups is 1. The Bertz CT molecular complexity index is 1130. The topological polar surface area (TPSA) is 62.5 Å². The Labute approximate surface area is 187 Å². The molecule has 0 saturated carbocycles. The monoisotopic (exact) mass is 440 g/mol. The van der Waals surface area contributed by atoms with E-state index in [1.54, 1.807) is 6.07 Å². The van der Waals surface area contributed by atoms with Crippen LogP contribution in [-0.4, -0.2) is 39.5 Å². The molecular formula is C25H29ClN2O3. The standard InChI is InChI=1S/C25H29ClN2O3/c1-4-11-27(12-10-26)15-18-6-5-7-19(13-18)20-8-9-21-23(14-20)28(17(2)3)16-22(24(21)29)25(30)31/h5-9,13-14,16-17H,4,10-12,15H2,1-3H3,(H,30,31). The highest BCUT2D eigenvalue weighted by molar-refractivity contribution is 6.18. The van der Waals surface area contributed by atoms with E-state index in [0.29, 0.717) is 11.3 Å². The van der Waals surface area contributed by atoms with Crippen molar-refractivity contribution in [3.05, 3.63) is 70.0 Å². The lowest BCUT2D eigenvalue weighted by molar-refractivity contribution is 0.0694. The second-order valence-electron chi connectivity index (χ2n) is 8.08. The van der Waals surface area contributed by atoms with Crippen molar-refractivity contribution in [3.8, 4) is 11.1 Å². The maximum Gasteiger partial charge on any atom is 0.341 e. The van der Waals surface area contributed by atoms with Crippen molar-refractivity contribution in [2.24, 2.45) is 0 Å². The Morgan fingerprint density at radius 2 is 1.87 bits per heavy atom. The number of nitrogens with zero attached hydrogens (tertiary/aromatic N) is 2. The molecule has 0 spiro atoms. The maximum atomic E-state index is 12.7. The summed E-state index contributed by atoms with van der Waals surface area (Å²) in [7, 11) is 0. The van der Waals surface area contributed by atoms with Crippen LogP contribution in [-0.2, 0) is 6.54 Å². The first-order chi connectivity index (χ1) is 14.8. The normalized spacial score (nSPS) is 11.5. The highest BCUT2D eigenvalue weighted by Gasteiger charge is 2.16. The number of alkyl halides is 1. The fraction of sp³-hybridized carbons (Fsp3) is 0.360. The zero-order valence-corrected chi connectivity index (χ0v) is 19.0. The second-order valence-corrected chi connectivity index (χ2v) is 8.45. The van der Waals surface area contributed by atoms with Crippen LogP contribution < -0.4 is 5.43 Å². The summed E-state index contributed by atoms with van der Waals surface area (Å²) < 4.78 is 1.86. The zero-order valence-electron chi connectivity index (χ0n) is 18.3. The highest BCUT2D eigenvalue weighted by atomic mass is 35.5. The lowest BCUT2D eigenvalue weighted by atomic mass is 10.00. The van der Waals surface area contributed by atoms with E-state index in [1.807, 2.05) is 36.6 Å². The van der Waals surface area contributed by atoms with Gasteiger partial charge < -0.3 is 9.67 Å². The van der Waals surface area contributed by atoms with Crippen molar-refractivity contribution in [3.63, 3.8) is 0 Å². The molecule has 0 radical (unpaired) electrons. The minimum atomic E-state index is -1.20. The number of fused-ring (bicyclic) bond motifs is 1. The molecular weight excluding hydrogens is 412 g/mol. The van der Waals surface area contributed by atoms with E-state index in [9.17, 15) is 14.7 Å². The number of aromatic nitrogens is 1. The predicted molar refractivity (Wildman–Crippen MR) is 127 cm³/mol. The van der Waals surface area contributed by atoms with Gasteiger partial charge in [0.15, 0.2) is 0 Å². The van der Waals surface area contributed by atoms with Crippen LogP contribution in [0.1, 0.15) is 49.2 Å². The quantitative estimate of drug-likeness (QED) is 0.452. The van der Waals surface area contributed by atoms with Crippen LogP contribution in [0.4, 0.5) is 0 Å². The molecule has 0 unspecified atom stereocenters. The highest BCUT2D eigenvalue weighted by Crippen LogP contribution is 2.26. The van der Waals surface area contributed by atoms with Gasteiger partial charge in [0, 0.05) is 36.6 Å². The molecule has 2 aromatic carbocycles. The SMILES string of the molecule is CCCN(CCCl)Cc1cccc(-c2ccc3c(=O)c(C(=O)O)cn(C(C)C)c3c2)c1. The molecule has 0 bridgehead atoms. The van der Waals surface area contributed by atoms with E-state index in [2.05, 4.69) is 30.0 Å². The van der Waals surface area contributed by atoms with Gasteiger partial charge in [0.25, 0.3) is 0 Å². The summed E-state index contributed by atoms with van der Waals surface area (Å²) >= 11 is 5.96. The molecule has 0 saturated heterocycles. The maximum absolute atomic E-state index is 12.7. The largest absolute Gasteiger partial charge is 0.477 e. The summed E-state index contributed by atoms with van der Waals surface area (Å²) in [5.41, 5.74) is 3.35. The smallest absolute Gasteiger partial charge is 0.341 e. The Hall–Kier alpha value is -2.63. The van der Waals surface area contributed by atoms with Crippen LogP contribution in [0.15, 0.2) is 53.5 Å². The molecule has 0 aliphatic carbocycles. The van der Waals surface area contributed by atoms with E-state index in [4.69, 9.17) is 11.6 Å². The Balaban J connectivity index is 2.06. The van der Waals surface area contributed by atoms with E-state index in [0.717, 1.165) is 42.7 Å². The second kappa shape index (κ2) is 10.1. The Kier molecular flexibility index (Phi) is 7.52. The summed E-state index contributed by atoms with van der Waals surface area (Å²) in [5, 5.41) is 9.84. The van der Waals surface area contributed by atoms with Crippen LogP contribution in [0.2, 0.25) is 0 Å². The predicted octanol–water partition coefficient (Wildman–Crippen LogP) is 5.40. The third-order valence-electron chi connectivity index (χ3n) is 5.43. The van der Waals surface area contributed by atoms with E-state index in [-0.39, 0.29) is 11.6 Å². The minimum Gasteiger partial charge on any atom is -0.477 e. The first kappa shape index (κ1) is 23.0. The van der Waals surface area contributed by atoms with Gasteiger partial charge in [-0.3, -0.25) is 9.69 Å². The number of rotatable bonds is 9. The lowest BCUT2D eigenvalue weighted by Gasteiger charge is -2.21. The van der Waals surface area contributed by atoms with Crippen molar-refractivity contribution in [2.75, 3.05) is 19.0 Å². The van der Waals surface area contributed by atoms with Crippen LogP contribution in [0.25, 0.3) is 22.0 Å². The molecule has 3 aromatic rings. The molecule has 0 amide bonds. The number of pyridine rings is 1. The van der Waals surface area contributed by atoms with Gasteiger partial charge in [-0.2, -0.15) is 0 Å². The third kappa shape index (κ3) is 5.17. The average Bonchev–Trinajstić information content (AvgIpc) is 2.74. The third-order valence-corrected chi connectivity index (χ3v) is 5.60. The van der Waals surface area contributed by atoms with Crippen molar-refractivity contribution >= 4 is 28.5 Å². The van der Waals surface area contributed by atoms with Gasteiger partial charge in [-0.05, 0) is 61.7 Å². The van der Waals surface area contributed by atoms with Gasteiger partial charge in [-0.15, -0.1) is 11.6 Å². The number of hydrogen-bond donors (Lipinski definition) is 1. The van der Waals surface area contributed by atoms with Gasteiger partial charge in [-0.25, -0.2) is 4.79 Å². The van der Waals surface area contributed by atoms with Crippen molar-refractivity contribution < 1.29 is 9.90 Å². The van der Waals surface area contributed by atoms with Gasteiger partial charge >= 0.3 is 5.97 Å². The summed E-state index contributed by atoms with van der Waals surface area (Å²) in [4.78, 5) is 26.5. The van der Waals surface area contributed by atoms with Crippen molar-refractivity contribution in [2.45, 2.75) is 39.8 Å². The molecule has 1 heterocycles. The van der Waals surface area contributed by atoms with Crippen LogP contribution in [0.3, 0.4) is 0 Å². The van der Waals surface area contributed by atoms with Crippen molar-refractivity contribution in [1.82, 2.24) is 9.47 Å². The van der Waals surface area contributed by atoms with E-state index >= 15 is 0 Å². The van der Waals surface area contributed by atoms with Gasteiger partial charge in [0.05, 0.1) is 5.52 Å². The molecule has 164 valence electrons. The fourth-order valence-corrected chi connectivity index (χ4v) is 4.16. The molecule has 0 aliphatic rings. The molecule has 0 atom stereocenters. The molecule has 0 aliphatic heterocycles. The van der Waals surface area contributed by atoms with Gasteiger partial charge in [0.1, 0.15) is 5.56 Å². The first-order valence-electron chi connectivity index (χ1n) is 10.7. The number of aromatic carboxylic acids is 1. The number of carboxylic acid groups (broad SMARTS) is 1. The summed E-state index contributed by atoms with van der Waals surface area (Å²) in [6, 6.07) is 14.0. The number of hydrogen-bond acceptors (Lipinski definition) is 3. The summed E-state index contributed by atoms with van der Waals surface area (Å²) in [6.07, 6.45) is 2.53. The van der Waals surface area contributed by atoms with Crippen LogP contribution in [0, 0.1) is 0 Å². The number of benzene rings is 2. The van der Waals surface area contributed by atoms with Crippen molar-refractivity contribution in [1.29, 1.82) is 0 Å². The molecule has 0 fully saturated rings. The molecule has 3 rings (SSSR count). The van der Waals surface area contributed by atoms with Crippen LogP contribution >= 0.6 is 11.6 Å². The molecule has 31 heavy (non-hydrogen) atoms. The zero-order chi connectivity index (χ0) is 22.5. The molecule has 5 nitrogen and oxygen atoms in total. The number of carboxylic acids is 1. The molecule has 1 aromatic heterocycles. The number of halogens is 1. The lowest BCUT2D eigenvalue weighted by Crippen LogP contribution is -2.26. The molecule has 6 heteroatoms. The van der Waals surface area contributed by atoms with Gasteiger partial charge in [0.2, 0.25) is 5.43 Å². The fourth-order valence-electron chi connectivity index (χ4n) is 3.92. The average molecular weight is 441 g/mol. The first-order valence-corrected chi connectivity index (χ1v) is 11.2. The summed E-state index contributed by atoms with van der Waals surface area (Å²) in [5.74, 6) is -0.596. The van der Waals surface area contributed by atoms with E-state index in [1.165, 1.54) is 11.8 Å².